The Hall–Kier alpha value is -3.10. The second kappa shape index (κ2) is 7.87. The molecule has 1 aromatic heterocycles. The van der Waals surface area contributed by atoms with E-state index in [1.54, 1.807) is 11.0 Å². The lowest BCUT2D eigenvalue weighted by Gasteiger charge is -2.25. The second-order valence-electron chi connectivity index (χ2n) is 6.36. The number of aromatic amines is 1. The SMILES string of the molecule is O=c1[nH]c2cc3c(cc2cc1CN(CCO)C(=S)Nc1ccccc1)OCO3. The highest BCUT2D eigenvalue weighted by molar-refractivity contribution is 7.80. The van der Waals surface area contributed by atoms with Crippen LogP contribution in [0, 0.1) is 0 Å². The van der Waals surface area contributed by atoms with Gasteiger partial charge in [-0.15, -0.1) is 0 Å². The summed E-state index contributed by atoms with van der Waals surface area (Å²) < 4.78 is 10.8. The summed E-state index contributed by atoms with van der Waals surface area (Å²) in [5.74, 6) is 1.27. The number of para-hydroxylation sites is 1. The molecule has 0 unspecified atom stereocenters. The molecule has 28 heavy (non-hydrogen) atoms. The van der Waals surface area contributed by atoms with E-state index in [4.69, 9.17) is 21.7 Å². The standard InChI is InChI=1S/C20H19N3O4S/c24-7-6-23(20(28)21-15-4-2-1-3-5-15)11-14-8-13-9-17-18(27-12-26-17)10-16(13)22-19(14)25/h1-5,8-10,24H,6-7,11-12H2,(H,21,28)(H,22,25). The fraction of sp³-hybridized carbons (Fsp3) is 0.200. The van der Waals surface area contributed by atoms with Gasteiger partial charge in [0, 0.05) is 29.2 Å². The number of pyridine rings is 1. The van der Waals surface area contributed by atoms with Gasteiger partial charge in [0.05, 0.1) is 18.7 Å². The van der Waals surface area contributed by atoms with Crippen molar-refractivity contribution in [3.63, 3.8) is 0 Å². The first kappa shape index (κ1) is 18.3. The summed E-state index contributed by atoms with van der Waals surface area (Å²) in [6.45, 7) is 0.656. The fourth-order valence-corrected chi connectivity index (χ4v) is 3.34. The van der Waals surface area contributed by atoms with Gasteiger partial charge in [-0.25, -0.2) is 0 Å². The lowest BCUT2D eigenvalue weighted by atomic mass is 10.1. The van der Waals surface area contributed by atoms with Crippen LogP contribution in [0.15, 0.2) is 53.3 Å². The van der Waals surface area contributed by atoms with E-state index in [0.29, 0.717) is 34.2 Å². The number of aliphatic hydroxyl groups excluding tert-OH is 1. The van der Waals surface area contributed by atoms with Crippen LogP contribution in [-0.2, 0) is 6.54 Å². The van der Waals surface area contributed by atoms with Crippen LogP contribution in [0.4, 0.5) is 5.69 Å². The third-order valence-corrected chi connectivity index (χ3v) is 4.82. The molecule has 7 nitrogen and oxygen atoms in total. The van der Waals surface area contributed by atoms with Crippen LogP contribution in [0.25, 0.3) is 10.9 Å². The smallest absolute Gasteiger partial charge is 0.253 e. The van der Waals surface area contributed by atoms with E-state index in [9.17, 15) is 9.90 Å². The van der Waals surface area contributed by atoms with Crippen LogP contribution in [0.2, 0.25) is 0 Å². The first-order valence-electron chi connectivity index (χ1n) is 8.81. The number of rotatable bonds is 5. The van der Waals surface area contributed by atoms with Crippen LogP contribution >= 0.6 is 12.2 Å². The third kappa shape index (κ3) is 3.78. The first-order valence-corrected chi connectivity index (χ1v) is 9.22. The van der Waals surface area contributed by atoms with E-state index in [1.807, 2.05) is 42.5 Å². The molecule has 0 spiro atoms. The minimum absolute atomic E-state index is 0.0826. The molecule has 144 valence electrons. The zero-order valence-corrected chi connectivity index (χ0v) is 15.8. The fourth-order valence-electron chi connectivity index (χ4n) is 3.06. The van der Waals surface area contributed by atoms with Gasteiger partial charge in [0.15, 0.2) is 16.6 Å². The Morgan fingerprint density at radius 2 is 1.93 bits per heavy atom. The maximum absolute atomic E-state index is 12.6. The second-order valence-corrected chi connectivity index (χ2v) is 6.74. The number of fused-ring (bicyclic) bond motifs is 2. The van der Waals surface area contributed by atoms with Crippen LogP contribution in [0.5, 0.6) is 11.5 Å². The Morgan fingerprint density at radius 1 is 1.18 bits per heavy atom. The topological polar surface area (TPSA) is 86.8 Å². The molecule has 2 heterocycles. The van der Waals surface area contributed by atoms with Crippen molar-refractivity contribution in [2.75, 3.05) is 25.3 Å². The van der Waals surface area contributed by atoms with Crippen LogP contribution in [0.3, 0.4) is 0 Å². The predicted molar refractivity (Wildman–Crippen MR) is 111 cm³/mol. The number of benzene rings is 2. The van der Waals surface area contributed by atoms with Crippen molar-refractivity contribution in [3.05, 3.63) is 64.4 Å². The summed E-state index contributed by atoms with van der Waals surface area (Å²) in [6.07, 6.45) is 0. The number of H-pyrrole nitrogens is 1. The summed E-state index contributed by atoms with van der Waals surface area (Å²) >= 11 is 5.48. The molecule has 3 N–H and O–H groups in total. The first-order chi connectivity index (χ1) is 13.6. The van der Waals surface area contributed by atoms with Crippen molar-refractivity contribution in [1.82, 2.24) is 9.88 Å². The summed E-state index contributed by atoms with van der Waals surface area (Å²) in [5, 5.41) is 13.8. The molecule has 0 radical (unpaired) electrons. The van der Waals surface area contributed by atoms with Gasteiger partial charge in [-0.1, -0.05) is 18.2 Å². The van der Waals surface area contributed by atoms with Crippen molar-refractivity contribution in [2.24, 2.45) is 0 Å². The highest BCUT2D eigenvalue weighted by Crippen LogP contribution is 2.35. The van der Waals surface area contributed by atoms with Crippen LogP contribution in [-0.4, -0.2) is 40.0 Å². The largest absolute Gasteiger partial charge is 0.454 e. The molecule has 0 bridgehead atoms. The molecule has 8 heteroatoms. The number of nitrogens with zero attached hydrogens (tertiary/aromatic N) is 1. The van der Waals surface area contributed by atoms with E-state index >= 15 is 0 Å². The van der Waals surface area contributed by atoms with Gasteiger partial charge < -0.3 is 29.8 Å². The average Bonchev–Trinajstić information content (AvgIpc) is 3.14. The van der Waals surface area contributed by atoms with E-state index < -0.39 is 0 Å². The molecule has 3 aromatic rings. The van der Waals surface area contributed by atoms with Gasteiger partial charge in [-0.3, -0.25) is 4.79 Å². The highest BCUT2D eigenvalue weighted by atomic mass is 32.1. The number of aliphatic hydroxyl groups is 1. The Balaban J connectivity index is 1.60. The van der Waals surface area contributed by atoms with Gasteiger partial charge >= 0.3 is 0 Å². The molecule has 1 aliphatic heterocycles. The molecule has 1 aliphatic rings. The Bertz CT molecular complexity index is 1070. The van der Waals surface area contributed by atoms with Crippen LogP contribution in [0.1, 0.15) is 5.56 Å². The van der Waals surface area contributed by atoms with E-state index in [0.717, 1.165) is 11.1 Å². The van der Waals surface area contributed by atoms with E-state index in [1.165, 1.54) is 0 Å². The Morgan fingerprint density at radius 3 is 2.68 bits per heavy atom. The predicted octanol–water partition coefficient (Wildman–Crippen LogP) is 2.45. The minimum atomic E-state index is -0.211. The summed E-state index contributed by atoms with van der Waals surface area (Å²) in [6, 6.07) is 14.9. The average molecular weight is 397 g/mol. The maximum Gasteiger partial charge on any atom is 0.253 e. The third-order valence-electron chi connectivity index (χ3n) is 4.46. The number of ether oxygens (including phenoxy) is 2. The highest BCUT2D eigenvalue weighted by Gasteiger charge is 2.17. The number of anilines is 1. The maximum atomic E-state index is 12.6. The van der Waals surface area contributed by atoms with Crippen molar-refractivity contribution in [2.45, 2.75) is 6.54 Å². The van der Waals surface area contributed by atoms with E-state index in [-0.39, 0.29) is 25.5 Å². The minimum Gasteiger partial charge on any atom is -0.454 e. The van der Waals surface area contributed by atoms with Gasteiger partial charge in [-0.05, 0) is 36.5 Å². The molecule has 0 aliphatic carbocycles. The summed E-state index contributed by atoms with van der Waals surface area (Å²) in [5.41, 5.74) is 1.85. The lowest BCUT2D eigenvalue weighted by molar-refractivity contribution is 0.174. The Labute approximate surface area is 166 Å². The molecule has 4 rings (SSSR count). The van der Waals surface area contributed by atoms with Gasteiger partial charge in [0.2, 0.25) is 6.79 Å². The van der Waals surface area contributed by atoms with Crippen molar-refractivity contribution >= 4 is 33.9 Å². The molecule has 2 aromatic carbocycles. The molecule has 0 fully saturated rings. The van der Waals surface area contributed by atoms with Crippen molar-refractivity contribution < 1.29 is 14.6 Å². The van der Waals surface area contributed by atoms with Crippen molar-refractivity contribution in [1.29, 1.82) is 0 Å². The summed E-state index contributed by atoms with van der Waals surface area (Å²) in [7, 11) is 0. The van der Waals surface area contributed by atoms with Crippen molar-refractivity contribution in [3.8, 4) is 11.5 Å². The lowest BCUT2D eigenvalue weighted by Crippen LogP contribution is -2.37. The van der Waals surface area contributed by atoms with E-state index in [2.05, 4.69) is 10.3 Å². The van der Waals surface area contributed by atoms with Gasteiger partial charge in [-0.2, -0.15) is 0 Å². The molecule has 0 saturated heterocycles. The normalized spacial score (nSPS) is 12.2. The number of hydrogen-bond acceptors (Lipinski definition) is 5. The zero-order valence-electron chi connectivity index (χ0n) is 15.0. The summed E-state index contributed by atoms with van der Waals surface area (Å²) in [4.78, 5) is 17.2. The molecule has 0 atom stereocenters. The number of thiocarbonyl (C=S) groups is 1. The van der Waals surface area contributed by atoms with Crippen LogP contribution < -0.4 is 20.3 Å². The Kier molecular flexibility index (Phi) is 5.14. The molecular weight excluding hydrogens is 378 g/mol. The number of nitrogens with one attached hydrogen (secondary N) is 2. The molecular formula is C20H19N3O4S. The number of hydrogen-bond donors (Lipinski definition) is 3. The quantitative estimate of drug-likeness (QED) is 0.570. The zero-order chi connectivity index (χ0) is 19.5. The van der Waals surface area contributed by atoms with Gasteiger partial charge in [0.1, 0.15) is 0 Å². The monoisotopic (exact) mass is 397 g/mol. The molecule has 0 amide bonds. The molecule has 0 saturated carbocycles. The van der Waals surface area contributed by atoms with Gasteiger partial charge in [0.25, 0.3) is 5.56 Å². The number of aromatic nitrogens is 1.